The summed E-state index contributed by atoms with van der Waals surface area (Å²) < 4.78 is 26.8. The van der Waals surface area contributed by atoms with Crippen molar-refractivity contribution in [3.63, 3.8) is 0 Å². The van der Waals surface area contributed by atoms with Crippen molar-refractivity contribution in [1.29, 1.82) is 0 Å². The Kier molecular flexibility index (Phi) is 6.16. The van der Waals surface area contributed by atoms with Crippen molar-refractivity contribution in [2.45, 2.75) is 18.9 Å². The zero-order valence-corrected chi connectivity index (χ0v) is 18.5. The summed E-state index contributed by atoms with van der Waals surface area (Å²) in [5, 5.41) is 4.10. The van der Waals surface area contributed by atoms with E-state index in [9.17, 15) is 4.79 Å². The molecule has 1 aliphatic rings. The van der Waals surface area contributed by atoms with Crippen LogP contribution < -0.4 is 18.9 Å². The van der Waals surface area contributed by atoms with Gasteiger partial charge in [0.25, 0.3) is 0 Å². The summed E-state index contributed by atoms with van der Waals surface area (Å²) in [7, 11) is 6.36. The number of hydrogen-bond acceptors (Lipinski definition) is 8. The second-order valence-corrected chi connectivity index (χ2v) is 7.41. The molecule has 1 aliphatic heterocycles. The predicted octanol–water partition coefficient (Wildman–Crippen LogP) is 3.29. The number of likely N-dealkylation sites (tertiary alicyclic amines) is 1. The molecule has 3 aromatic rings. The first kappa shape index (κ1) is 21.5. The minimum absolute atomic E-state index is 0.0238. The van der Waals surface area contributed by atoms with Crippen LogP contribution in [0.5, 0.6) is 23.0 Å². The van der Waals surface area contributed by atoms with Gasteiger partial charge in [0.05, 0.1) is 34.4 Å². The number of carbonyl (C=O) groups is 1. The Bertz CT molecular complexity index is 1090. The van der Waals surface area contributed by atoms with Crippen molar-refractivity contribution in [2.24, 2.45) is 0 Å². The molecule has 0 N–H and O–H groups in total. The van der Waals surface area contributed by atoms with Crippen LogP contribution in [0, 0.1) is 0 Å². The number of rotatable bonds is 8. The third kappa shape index (κ3) is 4.32. The quantitative estimate of drug-likeness (QED) is 0.528. The van der Waals surface area contributed by atoms with Crippen LogP contribution in [0.25, 0.3) is 11.4 Å². The molecular formula is C23H25N3O6. The smallest absolute Gasteiger partial charge is 0.232 e. The summed E-state index contributed by atoms with van der Waals surface area (Å²) >= 11 is 0. The van der Waals surface area contributed by atoms with E-state index in [0.29, 0.717) is 59.8 Å². The molecule has 0 spiro atoms. The van der Waals surface area contributed by atoms with E-state index in [1.807, 2.05) is 12.1 Å². The first-order valence-corrected chi connectivity index (χ1v) is 10.1. The van der Waals surface area contributed by atoms with Gasteiger partial charge in [0.15, 0.2) is 0 Å². The summed E-state index contributed by atoms with van der Waals surface area (Å²) in [5.74, 6) is 3.31. The van der Waals surface area contributed by atoms with Crippen LogP contribution in [0.2, 0.25) is 0 Å². The molecule has 168 valence electrons. The Balaban J connectivity index is 1.50. The number of nitrogens with zero attached hydrogens (tertiary/aromatic N) is 3. The van der Waals surface area contributed by atoms with Crippen LogP contribution in [-0.4, -0.2) is 55.9 Å². The van der Waals surface area contributed by atoms with Gasteiger partial charge in [-0.15, -0.1) is 0 Å². The first-order valence-electron chi connectivity index (χ1n) is 10.1. The van der Waals surface area contributed by atoms with Crippen LogP contribution in [0.15, 0.2) is 40.9 Å². The molecule has 1 fully saturated rings. The second-order valence-electron chi connectivity index (χ2n) is 7.41. The van der Waals surface area contributed by atoms with Gasteiger partial charge in [0, 0.05) is 42.8 Å². The maximum Gasteiger partial charge on any atom is 0.232 e. The Morgan fingerprint density at radius 1 is 0.969 bits per heavy atom. The van der Waals surface area contributed by atoms with Crippen molar-refractivity contribution in [2.75, 3.05) is 35.0 Å². The summed E-state index contributed by atoms with van der Waals surface area (Å²) in [6, 6.07) is 10.9. The Morgan fingerprint density at radius 2 is 1.69 bits per heavy atom. The molecule has 9 heteroatoms. The standard InChI is InChI=1S/C23H25N3O6/c1-28-17-6-5-14(20(11-17)31-4)12-26-13-16(9-21(26)27)23-24-22(25-32-23)15-7-18(29-2)10-19(8-15)30-3/h5-8,10-11,16H,9,12-13H2,1-4H3. The summed E-state index contributed by atoms with van der Waals surface area (Å²) in [5.41, 5.74) is 1.61. The maximum absolute atomic E-state index is 12.7. The second kappa shape index (κ2) is 9.17. The summed E-state index contributed by atoms with van der Waals surface area (Å²) in [6.45, 7) is 0.910. The molecule has 0 aliphatic carbocycles. The number of benzene rings is 2. The predicted molar refractivity (Wildman–Crippen MR) is 115 cm³/mol. The van der Waals surface area contributed by atoms with E-state index in [0.717, 1.165) is 5.56 Å². The minimum atomic E-state index is -0.180. The monoisotopic (exact) mass is 439 g/mol. The van der Waals surface area contributed by atoms with E-state index >= 15 is 0 Å². The third-order valence-electron chi connectivity index (χ3n) is 5.47. The van der Waals surface area contributed by atoms with Crippen LogP contribution >= 0.6 is 0 Å². The lowest BCUT2D eigenvalue weighted by molar-refractivity contribution is -0.128. The molecule has 1 atom stereocenters. The van der Waals surface area contributed by atoms with Crippen LogP contribution in [-0.2, 0) is 11.3 Å². The molecule has 2 heterocycles. The Hall–Kier alpha value is -3.75. The molecular weight excluding hydrogens is 414 g/mol. The van der Waals surface area contributed by atoms with Gasteiger partial charge in [-0.05, 0) is 24.3 Å². The fourth-order valence-corrected chi connectivity index (χ4v) is 3.73. The lowest BCUT2D eigenvalue weighted by atomic mass is 10.1. The molecule has 9 nitrogen and oxygen atoms in total. The van der Waals surface area contributed by atoms with Gasteiger partial charge in [-0.1, -0.05) is 5.16 Å². The maximum atomic E-state index is 12.7. The van der Waals surface area contributed by atoms with Gasteiger partial charge in [-0.2, -0.15) is 4.98 Å². The van der Waals surface area contributed by atoms with Crippen molar-refractivity contribution in [1.82, 2.24) is 15.0 Å². The van der Waals surface area contributed by atoms with E-state index in [2.05, 4.69) is 10.1 Å². The number of carbonyl (C=O) groups excluding carboxylic acids is 1. The van der Waals surface area contributed by atoms with Gasteiger partial charge in [0.2, 0.25) is 17.6 Å². The normalized spacial score (nSPS) is 15.7. The molecule has 1 aromatic heterocycles. The fraction of sp³-hybridized carbons (Fsp3) is 0.348. The Morgan fingerprint density at radius 3 is 2.34 bits per heavy atom. The van der Waals surface area contributed by atoms with Gasteiger partial charge in [-0.3, -0.25) is 4.79 Å². The van der Waals surface area contributed by atoms with E-state index in [-0.39, 0.29) is 11.8 Å². The van der Waals surface area contributed by atoms with Crippen LogP contribution in [0.3, 0.4) is 0 Å². The lowest BCUT2D eigenvalue weighted by Gasteiger charge is -2.18. The Labute approximate surface area is 185 Å². The van der Waals surface area contributed by atoms with Crippen molar-refractivity contribution in [3.05, 3.63) is 47.9 Å². The molecule has 0 saturated carbocycles. The van der Waals surface area contributed by atoms with Crippen molar-refractivity contribution in [3.8, 4) is 34.4 Å². The van der Waals surface area contributed by atoms with Gasteiger partial charge in [0.1, 0.15) is 23.0 Å². The molecule has 2 aromatic carbocycles. The van der Waals surface area contributed by atoms with Crippen LogP contribution in [0.4, 0.5) is 0 Å². The fourth-order valence-electron chi connectivity index (χ4n) is 3.73. The van der Waals surface area contributed by atoms with Crippen molar-refractivity contribution < 1.29 is 28.3 Å². The number of hydrogen-bond donors (Lipinski definition) is 0. The van der Waals surface area contributed by atoms with E-state index < -0.39 is 0 Å². The van der Waals surface area contributed by atoms with Gasteiger partial charge < -0.3 is 28.4 Å². The highest BCUT2D eigenvalue weighted by Crippen LogP contribution is 2.33. The van der Waals surface area contributed by atoms with Gasteiger partial charge in [-0.25, -0.2) is 0 Å². The first-order chi connectivity index (χ1) is 15.5. The number of methoxy groups -OCH3 is 4. The molecule has 1 amide bonds. The number of amides is 1. The van der Waals surface area contributed by atoms with E-state index in [1.54, 1.807) is 57.6 Å². The van der Waals surface area contributed by atoms with Gasteiger partial charge >= 0.3 is 0 Å². The highest BCUT2D eigenvalue weighted by molar-refractivity contribution is 5.79. The lowest BCUT2D eigenvalue weighted by Crippen LogP contribution is -2.24. The number of ether oxygens (including phenoxy) is 4. The average molecular weight is 439 g/mol. The molecule has 0 radical (unpaired) electrons. The van der Waals surface area contributed by atoms with Crippen molar-refractivity contribution >= 4 is 5.91 Å². The summed E-state index contributed by atoms with van der Waals surface area (Å²) in [6.07, 6.45) is 0.307. The molecule has 1 saturated heterocycles. The zero-order chi connectivity index (χ0) is 22.7. The SMILES string of the molecule is COc1cc(OC)cc(-c2noc(C3CC(=O)N(Cc4ccc(OC)cc4OC)C3)n2)c1. The van der Waals surface area contributed by atoms with E-state index in [1.165, 1.54) is 0 Å². The zero-order valence-electron chi connectivity index (χ0n) is 18.5. The average Bonchev–Trinajstić information content (AvgIpc) is 3.46. The summed E-state index contributed by atoms with van der Waals surface area (Å²) in [4.78, 5) is 19.0. The topological polar surface area (TPSA) is 96.2 Å². The highest BCUT2D eigenvalue weighted by Gasteiger charge is 2.34. The third-order valence-corrected chi connectivity index (χ3v) is 5.47. The van der Waals surface area contributed by atoms with E-state index in [4.69, 9.17) is 23.5 Å². The van der Waals surface area contributed by atoms with Crippen LogP contribution in [0.1, 0.15) is 23.8 Å². The molecule has 1 unspecified atom stereocenters. The number of aromatic nitrogens is 2. The molecule has 0 bridgehead atoms. The highest BCUT2D eigenvalue weighted by atomic mass is 16.5. The largest absolute Gasteiger partial charge is 0.497 e. The molecule has 4 rings (SSSR count). The minimum Gasteiger partial charge on any atom is -0.497 e. The molecule has 32 heavy (non-hydrogen) atoms.